The summed E-state index contributed by atoms with van der Waals surface area (Å²) in [5, 5.41) is 14.7. The molecule has 0 radical (unpaired) electrons. The number of anilines is 2. The maximum absolute atomic E-state index is 13.0. The van der Waals surface area contributed by atoms with E-state index in [1.165, 1.54) is 23.5 Å². The number of para-hydroxylation sites is 2. The van der Waals surface area contributed by atoms with Gasteiger partial charge in [-0.05, 0) is 36.4 Å². The third-order valence-corrected chi connectivity index (χ3v) is 6.53. The zero-order valence-corrected chi connectivity index (χ0v) is 21.8. The molecule has 1 heterocycles. The zero-order chi connectivity index (χ0) is 27.7. The molecule has 0 saturated carbocycles. The van der Waals surface area contributed by atoms with Crippen molar-refractivity contribution in [2.75, 3.05) is 10.6 Å². The molecule has 0 fully saturated rings. The third-order valence-electron chi connectivity index (χ3n) is 5.64. The number of esters is 1. The van der Waals surface area contributed by atoms with Gasteiger partial charge in [-0.1, -0.05) is 90.2 Å². The first-order valence-corrected chi connectivity index (χ1v) is 13.0. The molecule has 196 valence electrons. The van der Waals surface area contributed by atoms with Crippen molar-refractivity contribution in [3.63, 3.8) is 0 Å². The van der Waals surface area contributed by atoms with Crippen molar-refractivity contribution >= 4 is 46.0 Å². The fourth-order valence-corrected chi connectivity index (χ4v) is 4.45. The lowest BCUT2D eigenvalue weighted by Crippen LogP contribution is -2.17. The van der Waals surface area contributed by atoms with Crippen LogP contribution in [0, 0.1) is 0 Å². The number of amides is 2. The van der Waals surface area contributed by atoms with Crippen LogP contribution in [0.4, 0.5) is 10.8 Å². The van der Waals surface area contributed by atoms with E-state index in [9.17, 15) is 14.4 Å². The van der Waals surface area contributed by atoms with Crippen molar-refractivity contribution in [3.8, 4) is 16.3 Å². The summed E-state index contributed by atoms with van der Waals surface area (Å²) in [6.45, 7) is 0. The van der Waals surface area contributed by atoms with Gasteiger partial charge in [0.25, 0.3) is 5.91 Å². The number of ether oxygens (including phenoxy) is 1. The molecule has 4 aromatic carbocycles. The Morgan fingerprint density at radius 1 is 0.725 bits per heavy atom. The van der Waals surface area contributed by atoms with Crippen LogP contribution in [-0.4, -0.2) is 28.0 Å². The van der Waals surface area contributed by atoms with Gasteiger partial charge in [0.1, 0.15) is 10.8 Å². The van der Waals surface area contributed by atoms with Crippen molar-refractivity contribution in [1.82, 2.24) is 10.2 Å². The molecule has 0 unspecified atom stereocenters. The predicted molar refractivity (Wildman–Crippen MR) is 155 cm³/mol. The Bertz CT molecular complexity index is 1680. The van der Waals surface area contributed by atoms with Gasteiger partial charge in [0.2, 0.25) is 11.0 Å². The second-order valence-electron chi connectivity index (χ2n) is 8.39. The minimum Gasteiger partial charge on any atom is -0.422 e. The molecule has 40 heavy (non-hydrogen) atoms. The van der Waals surface area contributed by atoms with Crippen LogP contribution < -0.4 is 15.4 Å². The average Bonchev–Trinajstić information content (AvgIpc) is 3.46. The van der Waals surface area contributed by atoms with Gasteiger partial charge < -0.3 is 10.1 Å². The van der Waals surface area contributed by atoms with Gasteiger partial charge in [-0.15, -0.1) is 10.2 Å². The van der Waals surface area contributed by atoms with Crippen LogP contribution in [0.3, 0.4) is 0 Å². The summed E-state index contributed by atoms with van der Waals surface area (Å²) in [5.74, 6) is -1.09. The average molecular weight is 547 g/mol. The molecule has 9 heteroatoms. The molecule has 0 aliphatic carbocycles. The number of hydrogen-bond donors (Lipinski definition) is 2. The number of rotatable bonds is 8. The van der Waals surface area contributed by atoms with Gasteiger partial charge in [0.05, 0.1) is 16.8 Å². The molecule has 1 aromatic heterocycles. The number of nitrogens with one attached hydrogen (secondary N) is 2. The second-order valence-corrected chi connectivity index (χ2v) is 9.37. The highest BCUT2D eigenvalue weighted by Gasteiger charge is 2.16. The third kappa shape index (κ3) is 6.53. The first-order chi connectivity index (χ1) is 19.6. The summed E-state index contributed by atoms with van der Waals surface area (Å²) in [5.41, 5.74) is 2.44. The largest absolute Gasteiger partial charge is 0.422 e. The predicted octanol–water partition coefficient (Wildman–Crippen LogP) is 6.33. The van der Waals surface area contributed by atoms with Crippen molar-refractivity contribution in [3.05, 3.63) is 132 Å². The summed E-state index contributed by atoms with van der Waals surface area (Å²) in [4.78, 5) is 38.3. The molecule has 0 aliphatic heterocycles. The molecular formula is C31H22N4O4S. The lowest BCUT2D eigenvalue weighted by atomic mass is 10.1. The standard InChI is InChI=1S/C31H22N4O4S/c36-27(20-19-21-11-7-10-18-26(21)39-30(38)23-14-5-2-6-15-23)32-25-17-9-8-16-24(25)28(37)33-31-35-34-29(40-31)22-12-3-1-4-13-22/h1-20H,(H,32,36)(H,33,35,37)/b20-19+. The van der Waals surface area contributed by atoms with E-state index in [2.05, 4.69) is 20.8 Å². The maximum Gasteiger partial charge on any atom is 0.343 e. The van der Waals surface area contributed by atoms with Gasteiger partial charge in [-0.2, -0.15) is 0 Å². The number of aromatic nitrogens is 2. The summed E-state index contributed by atoms with van der Waals surface area (Å²) < 4.78 is 5.53. The highest BCUT2D eigenvalue weighted by atomic mass is 32.1. The van der Waals surface area contributed by atoms with Gasteiger partial charge in [0.15, 0.2) is 0 Å². The highest BCUT2D eigenvalue weighted by Crippen LogP contribution is 2.27. The van der Waals surface area contributed by atoms with E-state index in [-0.39, 0.29) is 5.56 Å². The quantitative estimate of drug-likeness (QED) is 0.134. The van der Waals surface area contributed by atoms with Crippen molar-refractivity contribution < 1.29 is 19.1 Å². The molecule has 2 amide bonds. The first kappa shape index (κ1) is 26.2. The minimum absolute atomic E-state index is 0.262. The summed E-state index contributed by atoms with van der Waals surface area (Å²) in [6.07, 6.45) is 2.85. The number of carbonyl (C=O) groups is 3. The molecule has 0 spiro atoms. The lowest BCUT2D eigenvalue weighted by molar-refractivity contribution is -0.111. The van der Waals surface area contributed by atoms with E-state index in [0.29, 0.717) is 32.7 Å². The zero-order valence-electron chi connectivity index (χ0n) is 21.0. The molecule has 0 saturated heterocycles. The first-order valence-electron chi connectivity index (χ1n) is 12.2. The van der Waals surface area contributed by atoms with E-state index in [4.69, 9.17) is 4.74 Å². The van der Waals surface area contributed by atoms with Crippen LogP contribution >= 0.6 is 11.3 Å². The molecule has 0 aliphatic rings. The lowest BCUT2D eigenvalue weighted by Gasteiger charge is -2.09. The molecule has 0 atom stereocenters. The summed E-state index contributed by atoms with van der Waals surface area (Å²) >= 11 is 1.25. The number of carbonyl (C=O) groups excluding carboxylic acids is 3. The van der Waals surface area contributed by atoms with E-state index in [0.717, 1.165) is 5.56 Å². The van der Waals surface area contributed by atoms with Gasteiger partial charge in [-0.25, -0.2) is 4.79 Å². The van der Waals surface area contributed by atoms with Crippen LogP contribution in [0.2, 0.25) is 0 Å². The Kier molecular flexibility index (Phi) is 8.14. The fourth-order valence-electron chi connectivity index (χ4n) is 3.71. The van der Waals surface area contributed by atoms with Crippen molar-refractivity contribution in [2.24, 2.45) is 0 Å². The van der Waals surface area contributed by atoms with Crippen LogP contribution in [0.1, 0.15) is 26.3 Å². The van der Waals surface area contributed by atoms with Gasteiger partial charge in [-0.3, -0.25) is 14.9 Å². The van der Waals surface area contributed by atoms with E-state index in [1.807, 2.05) is 36.4 Å². The monoisotopic (exact) mass is 546 g/mol. The van der Waals surface area contributed by atoms with Crippen LogP contribution in [0.15, 0.2) is 115 Å². The molecule has 0 bridgehead atoms. The Morgan fingerprint density at radius 2 is 1.40 bits per heavy atom. The summed E-state index contributed by atoms with van der Waals surface area (Å²) in [6, 6.07) is 31.7. The maximum atomic E-state index is 13.0. The topological polar surface area (TPSA) is 110 Å². The van der Waals surface area contributed by atoms with Crippen molar-refractivity contribution in [1.29, 1.82) is 0 Å². The molecule has 2 N–H and O–H groups in total. The Hall–Kier alpha value is -5.41. The highest BCUT2D eigenvalue weighted by molar-refractivity contribution is 7.18. The van der Waals surface area contributed by atoms with E-state index >= 15 is 0 Å². The van der Waals surface area contributed by atoms with E-state index in [1.54, 1.807) is 72.8 Å². The van der Waals surface area contributed by atoms with Crippen LogP contribution in [-0.2, 0) is 4.79 Å². The Balaban J connectivity index is 1.26. The molecule has 5 aromatic rings. The number of nitrogens with zero attached hydrogens (tertiary/aromatic N) is 2. The number of hydrogen-bond acceptors (Lipinski definition) is 7. The van der Waals surface area contributed by atoms with Crippen LogP contribution in [0.5, 0.6) is 5.75 Å². The molecular weight excluding hydrogens is 524 g/mol. The fraction of sp³-hybridized carbons (Fsp3) is 0. The summed E-state index contributed by atoms with van der Waals surface area (Å²) in [7, 11) is 0. The number of benzene rings is 4. The van der Waals surface area contributed by atoms with Gasteiger partial charge >= 0.3 is 5.97 Å². The Labute approximate surface area is 234 Å². The molecule has 5 rings (SSSR count). The van der Waals surface area contributed by atoms with Crippen LogP contribution in [0.25, 0.3) is 16.6 Å². The minimum atomic E-state index is -0.503. The van der Waals surface area contributed by atoms with Gasteiger partial charge in [0, 0.05) is 17.2 Å². The Morgan fingerprint density at radius 3 is 2.20 bits per heavy atom. The molecule has 8 nitrogen and oxygen atoms in total. The normalized spacial score (nSPS) is 10.7. The van der Waals surface area contributed by atoms with Crippen molar-refractivity contribution in [2.45, 2.75) is 0 Å². The SMILES string of the molecule is O=C(/C=C/c1ccccc1OC(=O)c1ccccc1)Nc1ccccc1C(=O)Nc1nnc(-c2ccccc2)s1. The van der Waals surface area contributed by atoms with E-state index < -0.39 is 17.8 Å². The smallest absolute Gasteiger partial charge is 0.343 e. The second kappa shape index (κ2) is 12.4.